The van der Waals surface area contributed by atoms with Crippen LogP contribution in [0.25, 0.3) is 0 Å². The van der Waals surface area contributed by atoms with E-state index in [4.69, 9.17) is 55.5 Å². The van der Waals surface area contributed by atoms with Gasteiger partial charge in [-0.15, -0.1) is 0 Å². The maximum atomic E-state index is 12.6. The van der Waals surface area contributed by atoms with E-state index in [0.29, 0.717) is 65.3 Å². The van der Waals surface area contributed by atoms with Crippen molar-refractivity contribution in [1.82, 2.24) is 55.2 Å². The average Bonchev–Trinajstić information content (AvgIpc) is 0.784. The van der Waals surface area contributed by atoms with Gasteiger partial charge in [0.25, 0.3) is 5.24 Å². The molecule has 0 amide bonds. The van der Waals surface area contributed by atoms with Gasteiger partial charge >= 0.3 is 35.8 Å². The van der Waals surface area contributed by atoms with E-state index in [1.54, 1.807) is 73.6 Å². The lowest BCUT2D eigenvalue weighted by Gasteiger charge is -2.51. The maximum absolute atomic E-state index is 12.6. The molecule has 5 aliphatic heterocycles. The minimum atomic E-state index is -1.67. The van der Waals surface area contributed by atoms with Crippen molar-refractivity contribution in [2.45, 2.75) is 341 Å². The number of carbonyl (C=O) groups is 8. The summed E-state index contributed by atoms with van der Waals surface area (Å²) in [5.41, 5.74) is 12.6. The molecule has 0 bridgehead atoms. The lowest BCUT2D eigenvalue weighted by molar-refractivity contribution is -0.288. The molecule has 0 aliphatic carbocycles. The van der Waals surface area contributed by atoms with Crippen molar-refractivity contribution in [3.63, 3.8) is 0 Å². The summed E-state index contributed by atoms with van der Waals surface area (Å²) in [5.74, 6) is -3.03. The van der Waals surface area contributed by atoms with E-state index in [0.717, 1.165) is 97.6 Å². The van der Waals surface area contributed by atoms with Crippen molar-refractivity contribution in [3.05, 3.63) is 178 Å². The number of aromatic nitrogens is 6. The molecule has 6 aromatic heterocycles. The Morgan fingerprint density at radius 1 is 0.399 bits per heavy atom. The third kappa shape index (κ3) is 41.6. The van der Waals surface area contributed by atoms with Gasteiger partial charge in [-0.05, 0) is 323 Å². The number of halogens is 4. The Kier molecular flexibility index (Phi) is 52.5. The smallest absolute Gasteiger partial charge is 0.339 e. The number of carboxylic acid groups (broad SMARTS) is 1. The monoisotopic (exact) mass is 2110 g/mol. The molecule has 39 heteroatoms. The highest BCUT2D eigenvalue weighted by Crippen LogP contribution is 2.44. The third-order valence-electron chi connectivity index (χ3n) is 23.8. The molecule has 772 valence electrons. The maximum Gasteiger partial charge on any atom is 0.339 e. The third-order valence-corrected chi connectivity index (χ3v) is 25.5. The fourth-order valence-electron chi connectivity index (χ4n) is 17.2. The number of carboxylic acids is 1. The van der Waals surface area contributed by atoms with Crippen molar-refractivity contribution < 1.29 is 95.9 Å². The van der Waals surface area contributed by atoms with E-state index in [9.17, 15) is 43.6 Å². The van der Waals surface area contributed by atoms with Gasteiger partial charge in [0.05, 0.1) is 95.7 Å². The predicted molar refractivity (Wildman–Crippen MR) is 546 cm³/mol. The molecule has 32 nitrogen and oxygen atoms in total. The summed E-state index contributed by atoms with van der Waals surface area (Å²) in [5, 5.41) is 28.9. The number of nitrogens with zero attached hydrogens (tertiary/aromatic N) is 11. The first-order valence-corrected chi connectivity index (χ1v) is 51.2. The highest BCUT2D eigenvalue weighted by Gasteiger charge is 2.47. The Morgan fingerprint density at radius 3 is 0.913 bits per heavy atom. The molecule has 5 saturated heterocycles. The number of thiol groups is 2. The molecule has 2 unspecified atom stereocenters. The van der Waals surface area contributed by atoms with Crippen LogP contribution in [-0.4, -0.2) is 225 Å². The number of carbonyl (C=O) groups excluding carboxylic acids is 7. The Morgan fingerprint density at radius 2 is 0.652 bits per heavy atom. The number of esters is 5. The van der Waals surface area contributed by atoms with Crippen LogP contribution in [0.5, 0.6) is 0 Å². The summed E-state index contributed by atoms with van der Waals surface area (Å²) in [4.78, 5) is 139. The Bertz CT molecular complexity index is 4720. The second-order valence-electron chi connectivity index (χ2n) is 40.3. The van der Waals surface area contributed by atoms with Gasteiger partial charge in [0, 0.05) is 180 Å². The molecule has 6 aromatic rings. The first kappa shape index (κ1) is 125. The van der Waals surface area contributed by atoms with Crippen LogP contribution in [0.15, 0.2) is 111 Å². The Labute approximate surface area is 853 Å². The molecule has 11 heterocycles. The van der Waals surface area contributed by atoms with Gasteiger partial charge in [0.1, 0.15) is 6.04 Å². The zero-order valence-corrected chi connectivity index (χ0v) is 91.8. The number of Topliss-reactive ketones (excluding diaryl/α,β-unsaturated/α-hetero) is 1. The predicted octanol–water partition coefficient (Wildman–Crippen LogP) is 20.2. The van der Waals surface area contributed by atoms with Crippen LogP contribution in [0.2, 0.25) is 0 Å². The number of hydrogen-bond donors (Lipinski definition) is 5. The number of aryl methyl sites for hydroxylation is 1. The van der Waals surface area contributed by atoms with Gasteiger partial charge in [-0.25, -0.2) is 23.4 Å². The molecular weight excluding hydrogens is 1960 g/mol. The summed E-state index contributed by atoms with van der Waals surface area (Å²) >= 11 is 16.7. The molecule has 2 atom stereocenters. The fourth-order valence-corrected chi connectivity index (χ4v) is 18.1. The van der Waals surface area contributed by atoms with E-state index in [1.165, 1.54) is 110 Å². The Balaban J connectivity index is 0.000000414. The van der Waals surface area contributed by atoms with E-state index in [2.05, 4.69) is 265 Å². The van der Waals surface area contributed by atoms with E-state index < -0.39 is 44.3 Å². The van der Waals surface area contributed by atoms with Crippen molar-refractivity contribution >= 4 is 130 Å². The summed E-state index contributed by atoms with van der Waals surface area (Å²) in [6, 6.07) is 9.79. The number of methoxy groups -OCH3 is 5. The standard InChI is InChI=1S/C21H32N2O4S.C17H26N2O3.C16H23ClN2O2.C16H24N2O3.C9H19NO.C8H8BrNO2.C8H9NO2.C4H9NO2S.Cl2OS/c1-20(2)7-6-8-21(3,4)23(20)27-13-15-9-16(12-22-11-15)18(24)10-17(14-28)19(25)26-5;1-16(2)7-6-8-17(3,4)19(16)22-12-13-9-14(11-18-10-13)15(20)21-5;1-15(2)6-5-7-16(3,4)19(15)21-11-12-8-13(14(17)20)10-18-9-12;1-15(2)6-5-7-16(3,4)18(15)21-11-12-8-13(14(19)20)10-17-9-12;1-8(2)6-5-7-9(3,4)10(8)11;1-12-8(11)7-2-6(3-9)4-10-5-7;1-6-3-7(5-9-4-6)8(10)11-2;1-7-4(6)3(5)2-8;1-4(2)3/h9,11-12,17,28H,6-8,10,13-14H2,1-5H3;9-11H,6-8,12H2,1-5H3;8-10H,5-7,11H2,1-4H3;8-10H,5-7,11H2,1-4H3,(H,19,20);11H,5-7H2,1-4H3;2,4-5H,3H2,1H3;3-5H,1-2H3;3,8H,2,5H2,1H3;. The van der Waals surface area contributed by atoms with Crippen molar-refractivity contribution in [3.8, 4) is 0 Å². The molecule has 5 aliphatic rings. The zero-order chi connectivity index (χ0) is 105. The van der Waals surface area contributed by atoms with Gasteiger partial charge in [0.2, 0.25) is 9.23 Å². The molecule has 5 fully saturated rings. The second kappa shape index (κ2) is 57.9. The first-order chi connectivity index (χ1) is 64.1. The molecule has 138 heavy (non-hydrogen) atoms. The fraction of sp³-hybridized carbons (Fsp3) is 0.616. The number of hydroxylamine groups is 10. The Hall–Kier alpha value is -7.18. The summed E-state index contributed by atoms with van der Waals surface area (Å²) < 4.78 is 31.9. The number of aromatic carboxylic acids is 1. The van der Waals surface area contributed by atoms with Crippen LogP contribution in [0.4, 0.5) is 0 Å². The minimum Gasteiger partial charge on any atom is -0.478 e. The highest BCUT2D eigenvalue weighted by molar-refractivity contribution is 9.08. The van der Waals surface area contributed by atoms with Crippen molar-refractivity contribution in [2.24, 2.45) is 11.7 Å². The summed E-state index contributed by atoms with van der Waals surface area (Å²) in [6.45, 7) is 46.8. The molecule has 0 saturated carbocycles. The van der Waals surface area contributed by atoms with Crippen LogP contribution in [0, 0.1) is 12.8 Å². The largest absolute Gasteiger partial charge is 0.478 e. The number of ether oxygens (including phenoxy) is 5. The van der Waals surface area contributed by atoms with E-state index in [1.807, 2.05) is 6.92 Å². The zero-order valence-electron chi connectivity index (χ0n) is 85.4. The average molecular weight is 2110 g/mol. The summed E-state index contributed by atoms with van der Waals surface area (Å²) in [7, 11) is 14.0. The number of hydrogen-bond acceptors (Lipinski definition) is 33. The molecule has 11 rings (SSSR count). The first-order valence-electron chi connectivity index (χ1n) is 45.6. The van der Waals surface area contributed by atoms with Crippen LogP contribution in [0.3, 0.4) is 0 Å². The van der Waals surface area contributed by atoms with Gasteiger partial charge in [0.15, 0.2) is 5.78 Å². The lowest BCUT2D eigenvalue weighted by atomic mass is 9.82. The second-order valence-corrected chi connectivity index (χ2v) is 44.5. The highest BCUT2D eigenvalue weighted by atomic mass is 79.9. The van der Waals surface area contributed by atoms with Gasteiger partial charge in [-0.1, -0.05) is 15.9 Å². The van der Waals surface area contributed by atoms with Crippen LogP contribution >= 0.6 is 74.2 Å². The SMILES string of the molecule is CC1(C)CCCC(C)(C)N1O.CC1(C)CCCC(C)(C)N1OCc1cncc(C(=O)Cl)c1.CC1(C)CCCC(C)(C)N1OCc1cncc(C(=O)O)c1.COC(=O)C(CS)CC(=O)c1cncc(CON2C(C)(C)CCCC2(C)C)c1.COC(=O)C(N)CS.COC(=O)c1cncc(C)c1.COC(=O)c1cncc(CBr)c1.COC(=O)c1cncc(CON2C(C)(C)CCCC2(C)C)c1.O=S(Cl)Cl. The molecular formula is C99H150BrCl3N12O20S3. The minimum absolute atomic E-state index is 0.00482. The topological polar surface area (TPSA) is 397 Å². The number of alkyl halides is 1. The van der Waals surface area contributed by atoms with E-state index in [-0.39, 0.29) is 96.8 Å². The van der Waals surface area contributed by atoms with Gasteiger partial charge < -0.3 is 39.7 Å². The van der Waals surface area contributed by atoms with Crippen LogP contribution < -0.4 is 5.73 Å². The molecule has 0 radical (unpaired) electrons. The number of ketones is 1. The van der Waals surface area contributed by atoms with Crippen LogP contribution in [-0.2, 0) is 93.6 Å². The number of piperidine rings is 5. The molecule has 4 N–H and O–H groups in total. The number of nitrogens with two attached hydrogens (primary N) is 1. The lowest BCUT2D eigenvalue weighted by Crippen LogP contribution is -2.58. The van der Waals surface area contributed by atoms with Gasteiger partial charge in [-0.2, -0.15) is 50.6 Å². The van der Waals surface area contributed by atoms with Gasteiger partial charge in [-0.3, -0.25) is 68.4 Å². The molecule has 0 aromatic carbocycles. The number of pyridine rings is 6. The van der Waals surface area contributed by atoms with Crippen molar-refractivity contribution in [1.29, 1.82) is 0 Å². The summed E-state index contributed by atoms with van der Waals surface area (Å²) in [6.07, 6.45) is 36.0. The quantitative estimate of drug-likeness (QED) is 0.00887. The number of rotatable bonds is 25. The van der Waals surface area contributed by atoms with E-state index >= 15 is 0 Å². The normalized spacial score (nSPS) is 18.7. The van der Waals surface area contributed by atoms with Crippen LogP contribution in [0.1, 0.15) is 337 Å². The van der Waals surface area contributed by atoms with Crippen molar-refractivity contribution in [2.75, 3.05) is 47.1 Å². The molecule has 0 spiro atoms.